The number of furan rings is 1. The molecule has 2 heterocycles. The molecule has 2 atom stereocenters. The summed E-state index contributed by atoms with van der Waals surface area (Å²) in [5.74, 6) is 1.23. The molecule has 2 unspecified atom stereocenters. The highest BCUT2D eigenvalue weighted by Crippen LogP contribution is 2.41. The summed E-state index contributed by atoms with van der Waals surface area (Å²) in [4.78, 5) is 15.6. The van der Waals surface area contributed by atoms with E-state index in [0.29, 0.717) is 18.6 Å². The van der Waals surface area contributed by atoms with Gasteiger partial charge in [0.2, 0.25) is 5.91 Å². The summed E-state index contributed by atoms with van der Waals surface area (Å²) >= 11 is 0. The molecule has 2 fully saturated rings. The third-order valence-electron chi connectivity index (χ3n) is 7.78. The van der Waals surface area contributed by atoms with Gasteiger partial charge in [0, 0.05) is 40.7 Å². The van der Waals surface area contributed by atoms with Crippen molar-refractivity contribution in [3.05, 3.63) is 59.6 Å². The van der Waals surface area contributed by atoms with Crippen molar-refractivity contribution in [3.8, 4) is 16.9 Å². The Labute approximate surface area is 206 Å². The van der Waals surface area contributed by atoms with Gasteiger partial charge in [0.1, 0.15) is 17.1 Å². The average Bonchev–Trinajstić information content (AvgIpc) is 3.30. The average molecular weight is 476 g/mol. The lowest BCUT2D eigenvalue weighted by atomic mass is 9.78. The third-order valence-corrected chi connectivity index (χ3v) is 7.78. The molecular formula is C30H34FNO3. The molecule has 1 saturated carbocycles. The minimum Gasteiger partial charge on any atom is -0.493 e. The second-order valence-corrected chi connectivity index (χ2v) is 9.96. The molecule has 0 radical (unpaired) electrons. The Balaban J connectivity index is 1.55. The highest BCUT2D eigenvalue weighted by atomic mass is 19.1. The molecule has 0 bridgehead atoms. The van der Waals surface area contributed by atoms with Crippen molar-refractivity contribution in [3.63, 3.8) is 0 Å². The monoisotopic (exact) mass is 475 g/mol. The van der Waals surface area contributed by atoms with Gasteiger partial charge in [-0.05, 0) is 81.7 Å². The lowest BCUT2D eigenvalue weighted by molar-refractivity contribution is -0.132. The van der Waals surface area contributed by atoms with Crippen molar-refractivity contribution in [2.75, 3.05) is 13.2 Å². The lowest BCUT2D eigenvalue weighted by Crippen LogP contribution is -2.49. The molecule has 2 aliphatic rings. The molecule has 3 aromatic rings. The van der Waals surface area contributed by atoms with Crippen LogP contribution in [-0.4, -0.2) is 30.0 Å². The van der Waals surface area contributed by atoms with Gasteiger partial charge in [-0.3, -0.25) is 4.79 Å². The van der Waals surface area contributed by atoms with Gasteiger partial charge in [0.15, 0.2) is 0 Å². The molecule has 1 aliphatic heterocycles. The largest absolute Gasteiger partial charge is 0.493 e. The van der Waals surface area contributed by atoms with E-state index in [0.717, 1.165) is 63.9 Å². The van der Waals surface area contributed by atoms with E-state index < -0.39 is 0 Å². The predicted octanol–water partition coefficient (Wildman–Crippen LogP) is 7.53. The topological polar surface area (TPSA) is 42.7 Å². The molecule has 1 amide bonds. The van der Waals surface area contributed by atoms with Crippen LogP contribution < -0.4 is 4.74 Å². The van der Waals surface area contributed by atoms with Gasteiger partial charge in [-0.2, -0.15) is 0 Å². The first-order valence-electron chi connectivity index (χ1n) is 12.9. The van der Waals surface area contributed by atoms with E-state index in [9.17, 15) is 9.18 Å². The molecule has 4 nitrogen and oxygen atoms in total. The van der Waals surface area contributed by atoms with Gasteiger partial charge in [-0.1, -0.05) is 25.0 Å². The van der Waals surface area contributed by atoms with Crippen LogP contribution in [0.3, 0.4) is 0 Å². The van der Waals surface area contributed by atoms with Gasteiger partial charge < -0.3 is 14.1 Å². The number of halogens is 1. The van der Waals surface area contributed by atoms with E-state index >= 15 is 0 Å². The molecule has 5 heteroatoms. The van der Waals surface area contributed by atoms with Gasteiger partial charge in [-0.15, -0.1) is 0 Å². The third kappa shape index (κ3) is 4.49. The molecule has 1 saturated heterocycles. The van der Waals surface area contributed by atoms with E-state index in [1.807, 2.05) is 26.8 Å². The van der Waals surface area contributed by atoms with Crippen LogP contribution in [0.2, 0.25) is 0 Å². The maximum Gasteiger partial charge on any atom is 0.247 e. The number of hydrogen-bond acceptors (Lipinski definition) is 3. The fourth-order valence-corrected chi connectivity index (χ4v) is 6.04. The Hall–Kier alpha value is -3.08. The van der Waals surface area contributed by atoms with Crippen LogP contribution in [0, 0.1) is 18.7 Å². The van der Waals surface area contributed by atoms with Crippen molar-refractivity contribution in [2.45, 2.75) is 65.3 Å². The number of amides is 1. The smallest absolute Gasteiger partial charge is 0.247 e. The molecule has 184 valence electrons. The molecule has 2 aromatic carbocycles. The SMILES string of the molecule is CCOc1c(/C(C)=C/C(=O)N2CCCC3CCCCC32)cc2c(-c3ccc(F)cc3)coc2c1C. The zero-order valence-corrected chi connectivity index (χ0v) is 20.9. The molecule has 1 aliphatic carbocycles. The molecule has 35 heavy (non-hydrogen) atoms. The second kappa shape index (κ2) is 9.88. The zero-order valence-electron chi connectivity index (χ0n) is 20.9. The Morgan fingerprint density at radius 2 is 1.91 bits per heavy atom. The zero-order chi connectivity index (χ0) is 24.5. The van der Waals surface area contributed by atoms with Crippen LogP contribution in [0.15, 0.2) is 47.1 Å². The fraction of sp³-hybridized carbons (Fsp3) is 0.433. The highest BCUT2D eigenvalue weighted by Gasteiger charge is 2.35. The Kier molecular flexibility index (Phi) is 6.68. The van der Waals surface area contributed by atoms with E-state index in [2.05, 4.69) is 4.90 Å². The number of hydrogen-bond donors (Lipinski definition) is 0. The molecule has 5 rings (SSSR count). The van der Waals surface area contributed by atoms with Crippen LogP contribution >= 0.6 is 0 Å². The van der Waals surface area contributed by atoms with E-state index in [1.165, 1.54) is 37.8 Å². The normalized spacial score (nSPS) is 20.7. The van der Waals surface area contributed by atoms with Gasteiger partial charge >= 0.3 is 0 Å². The number of rotatable bonds is 5. The minimum atomic E-state index is -0.271. The number of aryl methyl sites for hydroxylation is 1. The number of carbonyl (C=O) groups excluding carboxylic acids is 1. The van der Waals surface area contributed by atoms with E-state index in [-0.39, 0.29) is 11.7 Å². The quantitative estimate of drug-likeness (QED) is 0.358. The predicted molar refractivity (Wildman–Crippen MR) is 138 cm³/mol. The van der Waals surface area contributed by atoms with Gasteiger partial charge in [-0.25, -0.2) is 4.39 Å². The number of likely N-dealkylation sites (tertiary alicyclic amines) is 1. The standard InChI is InChI=1S/C30H34FNO3/c1-4-34-29-20(3)30-25(26(18-35-30)21-11-13-23(31)14-12-21)17-24(29)19(2)16-28(33)32-15-7-9-22-8-5-6-10-27(22)32/h11-14,16-18,22,27H,4-10,15H2,1-3H3/b19-16+. The number of fused-ring (bicyclic) bond motifs is 2. The first kappa shape index (κ1) is 23.7. The number of nitrogens with zero attached hydrogens (tertiary/aromatic N) is 1. The van der Waals surface area contributed by atoms with Crippen molar-refractivity contribution < 1.29 is 18.3 Å². The maximum absolute atomic E-state index is 13.5. The summed E-state index contributed by atoms with van der Waals surface area (Å²) in [5, 5.41) is 0.929. The summed E-state index contributed by atoms with van der Waals surface area (Å²) in [5.41, 5.74) is 5.20. The van der Waals surface area contributed by atoms with Crippen molar-refractivity contribution >= 4 is 22.4 Å². The van der Waals surface area contributed by atoms with Crippen molar-refractivity contribution in [2.24, 2.45) is 5.92 Å². The summed E-state index contributed by atoms with van der Waals surface area (Å²) in [7, 11) is 0. The van der Waals surface area contributed by atoms with Gasteiger partial charge in [0.25, 0.3) is 0 Å². The van der Waals surface area contributed by atoms with Crippen LogP contribution in [0.5, 0.6) is 5.75 Å². The number of piperidine rings is 1. The molecular weight excluding hydrogens is 441 g/mol. The Morgan fingerprint density at radius 3 is 2.69 bits per heavy atom. The molecule has 0 spiro atoms. The van der Waals surface area contributed by atoms with Gasteiger partial charge in [0.05, 0.1) is 12.9 Å². The number of carbonyl (C=O) groups is 1. The first-order valence-corrected chi connectivity index (χ1v) is 12.9. The van der Waals surface area contributed by atoms with E-state index in [1.54, 1.807) is 24.5 Å². The molecule has 0 N–H and O–H groups in total. The Bertz CT molecular complexity index is 1250. The second-order valence-electron chi connectivity index (χ2n) is 9.96. The number of allylic oxidation sites excluding steroid dienone is 1. The van der Waals surface area contributed by atoms with E-state index in [4.69, 9.17) is 9.15 Å². The van der Waals surface area contributed by atoms with Crippen molar-refractivity contribution in [1.29, 1.82) is 0 Å². The van der Waals surface area contributed by atoms with Crippen LogP contribution in [0.1, 0.15) is 63.5 Å². The number of ether oxygens (including phenoxy) is 1. The van der Waals surface area contributed by atoms with Crippen LogP contribution in [0.25, 0.3) is 27.7 Å². The Morgan fingerprint density at radius 1 is 1.17 bits per heavy atom. The minimum absolute atomic E-state index is 0.102. The highest BCUT2D eigenvalue weighted by molar-refractivity contribution is 6.01. The van der Waals surface area contributed by atoms with Crippen molar-refractivity contribution in [1.82, 2.24) is 4.90 Å². The summed E-state index contributed by atoms with van der Waals surface area (Å²) in [6.45, 7) is 7.29. The molecule has 1 aromatic heterocycles. The lowest BCUT2D eigenvalue weighted by Gasteiger charge is -2.43. The van der Waals surface area contributed by atoms with Crippen LogP contribution in [-0.2, 0) is 4.79 Å². The summed E-state index contributed by atoms with van der Waals surface area (Å²) in [6, 6.07) is 8.86. The summed E-state index contributed by atoms with van der Waals surface area (Å²) < 4.78 is 25.5. The van der Waals surface area contributed by atoms with Crippen LogP contribution in [0.4, 0.5) is 4.39 Å². The fourth-order valence-electron chi connectivity index (χ4n) is 6.04. The first-order chi connectivity index (χ1) is 17.0. The summed E-state index contributed by atoms with van der Waals surface area (Å²) in [6.07, 6.45) is 10.7. The maximum atomic E-state index is 13.5. The number of benzene rings is 2.